The molecule has 4 rings (SSSR count). The molecular formula is C25H25N5O4. The van der Waals surface area contributed by atoms with Crippen LogP contribution in [0.4, 0.5) is 0 Å². The molecule has 3 amide bonds. The summed E-state index contributed by atoms with van der Waals surface area (Å²) in [6.45, 7) is 3.59. The van der Waals surface area contributed by atoms with Gasteiger partial charge in [0.1, 0.15) is 0 Å². The van der Waals surface area contributed by atoms with Crippen LogP contribution in [0.2, 0.25) is 0 Å². The van der Waals surface area contributed by atoms with E-state index in [1.54, 1.807) is 68.5 Å². The van der Waals surface area contributed by atoms with Crippen LogP contribution in [0, 0.1) is 0 Å². The molecule has 9 nitrogen and oxygen atoms in total. The zero-order chi connectivity index (χ0) is 24.2. The first-order chi connectivity index (χ1) is 16.3. The lowest BCUT2D eigenvalue weighted by atomic mass is 10.1. The molecule has 0 bridgehead atoms. The van der Waals surface area contributed by atoms with E-state index in [0.717, 1.165) is 18.4 Å². The Kier molecular flexibility index (Phi) is 6.53. The van der Waals surface area contributed by atoms with Gasteiger partial charge in [-0.1, -0.05) is 30.3 Å². The van der Waals surface area contributed by atoms with Crippen LogP contribution in [0.1, 0.15) is 59.1 Å². The van der Waals surface area contributed by atoms with Crippen LogP contribution < -0.4 is 21.7 Å². The van der Waals surface area contributed by atoms with Gasteiger partial charge in [-0.25, -0.2) is 4.68 Å². The summed E-state index contributed by atoms with van der Waals surface area (Å²) < 4.78 is 1.24. The van der Waals surface area contributed by atoms with Crippen molar-refractivity contribution in [2.75, 3.05) is 0 Å². The second kappa shape index (κ2) is 9.70. The normalized spacial score (nSPS) is 13.3. The number of carbonyl (C=O) groups is 3. The highest BCUT2D eigenvalue weighted by atomic mass is 16.2. The van der Waals surface area contributed by atoms with E-state index in [4.69, 9.17) is 0 Å². The first-order valence-corrected chi connectivity index (χ1v) is 11.0. The smallest absolute Gasteiger partial charge is 0.290 e. The highest BCUT2D eigenvalue weighted by molar-refractivity contribution is 6.05. The molecule has 174 valence electrons. The summed E-state index contributed by atoms with van der Waals surface area (Å²) in [6.07, 6.45) is 4.87. The fraction of sp³-hybridized carbons (Fsp3) is 0.240. The molecule has 0 aliphatic heterocycles. The minimum atomic E-state index is -0.640. The van der Waals surface area contributed by atoms with Crippen molar-refractivity contribution in [3.63, 3.8) is 0 Å². The topological polar surface area (TPSA) is 122 Å². The Labute approximate surface area is 195 Å². The zero-order valence-electron chi connectivity index (χ0n) is 18.9. The molecule has 0 unspecified atom stereocenters. The second-order valence-corrected chi connectivity index (χ2v) is 8.38. The molecule has 1 heterocycles. The molecule has 1 fully saturated rings. The fourth-order valence-corrected chi connectivity index (χ4v) is 3.36. The molecule has 0 saturated heterocycles. The van der Waals surface area contributed by atoms with Crippen molar-refractivity contribution in [3.8, 4) is 0 Å². The monoisotopic (exact) mass is 459 g/mol. The number of hydrazine groups is 1. The van der Waals surface area contributed by atoms with Crippen LogP contribution in [-0.2, 0) is 4.79 Å². The van der Waals surface area contributed by atoms with E-state index < -0.39 is 11.8 Å². The number of nitrogens with zero attached hydrogens (tertiary/aromatic N) is 2. The van der Waals surface area contributed by atoms with E-state index >= 15 is 0 Å². The lowest BCUT2D eigenvalue weighted by Crippen LogP contribution is -2.42. The molecule has 1 saturated carbocycles. The first-order valence-electron chi connectivity index (χ1n) is 11.0. The summed E-state index contributed by atoms with van der Waals surface area (Å²) in [5.41, 5.74) is 5.69. The second-order valence-electron chi connectivity index (χ2n) is 8.38. The number of fused-ring (bicyclic) bond motifs is 1. The van der Waals surface area contributed by atoms with E-state index in [9.17, 15) is 19.2 Å². The van der Waals surface area contributed by atoms with Crippen molar-refractivity contribution in [1.29, 1.82) is 0 Å². The van der Waals surface area contributed by atoms with Crippen LogP contribution in [0.5, 0.6) is 0 Å². The van der Waals surface area contributed by atoms with Gasteiger partial charge in [-0.15, -0.1) is 0 Å². The molecule has 0 radical (unpaired) electrons. The predicted molar refractivity (Wildman–Crippen MR) is 128 cm³/mol. The van der Waals surface area contributed by atoms with Crippen LogP contribution in [0.15, 0.2) is 59.4 Å². The van der Waals surface area contributed by atoms with Crippen LogP contribution in [-0.4, -0.2) is 33.5 Å². The lowest BCUT2D eigenvalue weighted by molar-refractivity contribution is -0.117. The number of hydrogen-bond acceptors (Lipinski definition) is 5. The van der Waals surface area contributed by atoms with Crippen LogP contribution in [0.25, 0.3) is 16.8 Å². The van der Waals surface area contributed by atoms with Gasteiger partial charge < -0.3 is 5.32 Å². The molecule has 9 heteroatoms. The van der Waals surface area contributed by atoms with Gasteiger partial charge in [-0.3, -0.25) is 30.0 Å². The summed E-state index contributed by atoms with van der Waals surface area (Å²) in [5, 5.41) is 7.90. The standard InChI is InChI=1S/C25H25N5O4/c1-15(2)30-25(34)20-6-4-3-5-19(20)22(29-30)24(33)28-27-21(31)14-9-16-7-10-17(11-8-16)23(32)26-18-12-13-18/h3-11,14-15,18H,12-13H2,1-2H3,(H,26,32)(H,27,31)(H,28,33)/b14-9+. The largest absolute Gasteiger partial charge is 0.349 e. The maximum atomic E-state index is 12.7. The molecule has 0 spiro atoms. The van der Waals surface area contributed by atoms with E-state index in [1.165, 1.54) is 10.8 Å². The third-order valence-electron chi connectivity index (χ3n) is 5.34. The van der Waals surface area contributed by atoms with E-state index in [-0.39, 0.29) is 29.2 Å². The Morgan fingerprint density at radius 3 is 2.29 bits per heavy atom. The summed E-state index contributed by atoms with van der Waals surface area (Å²) in [7, 11) is 0. The highest BCUT2D eigenvalue weighted by Crippen LogP contribution is 2.19. The van der Waals surface area contributed by atoms with E-state index in [0.29, 0.717) is 16.3 Å². The number of benzene rings is 2. The van der Waals surface area contributed by atoms with Crippen molar-refractivity contribution in [3.05, 3.63) is 81.8 Å². The molecule has 3 aromatic rings. The Morgan fingerprint density at radius 1 is 0.971 bits per heavy atom. The van der Waals surface area contributed by atoms with Gasteiger partial charge in [0, 0.05) is 23.1 Å². The molecular weight excluding hydrogens is 434 g/mol. The van der Waals surface area contributed by atoms with Gasteiger partial charge in [0.25, 0.3) is 23.3 Å². The molecule has 3 N–H and O–H groups in total. The summed E-state index contributed by atoms with van der Waals surface area (Å²) in [6, 6.07) is 13.6. The molecule has 1 aromatic heterocycles. The number of nitrogens with one attached hydrogen (secondary N) is 3. The number of carbonyl (C=O) groups excluding carboxylic acids is 3. The van der Waals surface area contributed by atoms with Gasteiger partial charge >= 0.3 is 0 Å². The Bertz CT molecular complexity index is 1340. The van der Waals surface area contributed by atoms with Crippen molar-refractivity contribution >= 4 is 34.6 Å². The first kappa shape index (κ1) is 22.9. The van der Waals surface area contributed by atoms with E-state index in [1.807, 2.05) is 0 Å². The van der Waals surface area contributed by atoms with Crippen LogP contribution >= 0.6 is 0 Å². The quantitative estimate of drug-likeness (QED) is 0.386. The maximum absolute atomic E-state index is 12.7. The summed E-state index contributed by atoms with van der Waals surface area (Å²) in [4.78, 5) is 49.6. The van der Waals surface area contributed by atoms with Gasteiger partial charge in [0.15, 0.2) is 5.69 Å². The Balaban J connectivity index is 1.40. The molecule has 2 aromatic carbocycles. The minimum absolute atomic E-state index is 0.0354. The number of rotatable bonds is 6. The SMILES string of the molecule is CC(C)n1nc(C(=O)NNC(=O)/C=C/c2ccc(C(=O)NC3CC3)cc2)c2ccccc2c1=O. The molecule has 0 atom stereocenters. The number of amides is 3. The summed E-state index contributed by atoms with van der Waals surface area (Å²) in [5.74, 6) is -1.30. The molecule has 1 aliphatic carbocycles. The van der Waals surface area contributed by atoms with Crippen molar-refractivity contribution in [2.24, 2.45) is 0 Å². The van der Waals surface area contributed by atoms with Crippen molar-refractivity contribution < 1.29 is 14.4 Å². The van der Waals surface area contributed by atoms with Gasteiger partial charge in [-0.2, -0.15) is 5.10 Å². The van der Waals surface area contributed by atoms with Gasteiger partial charge in [0.2, 0.25) is 0 Å². The zero-order valence-corrected chi connectivity index (χ0v) is 18.9. The third kappa shape index (κ3) is 5.20. The minimum Gasteiger partial charge on any atom is -0.349 e. The highest BCUT2D eigenvalue weighted by Gasteiger charge is 2.23. The molecule has 1 aliphatic rings. The van der Waals surface area contributed by atoms with Gasteiger partial charge in [-0.05, 0) is 56.5 Å². The van der Waals surface area contributed by atoms with Crippen molar-refractivity contribution in [1.82, 2.24) is 25.9 Å². The fourth-order valence-electron chi connectivity index (χ4n) is 3.36. The molecule has 34 heavy (non-hydrogen) atoms. The average Bonchev–Trinajstić information content (AvgIpc) is 3.65. The third-order valence-corrected chi connectivity index (χ3v) is 5.34. The van der Waals surface area contributed by atoms with Crippen LogP contribution in [0.3, 0.4) is 0 Å². The van der Waals surface area contributed by atoms with Crippen molar-refractivity contribution in [2.45, 2.75) is 38.8 Å². The number of aromatic nitrogens is 2. The Hall–Kier alpha value is -4.27. The van der Waals surface area contributed by atoms with Gasteiger partial charge in [0.05, 0.1) is 11.4 Å². The average molecular weight is 460 g/mol. The number of hydrogen-bond donors (Lipinski definition) is 3. The Morgan fingerprint density at radius 2 is 1.65 bits per heavy atom. The predicted octanol–water partition coefficient (Wildman–Crippen LogP) is 2.34. The van der Waals surface area contributed by atoms with E-state index in [2.05, 4.69) is 21.3 Å². The lowest BCUT2D eigenvalue weighted by Gasteiger charge is -2.13. The maximum Gasteiger partial charge on any atom is 0.290 e. The summed E-state index contributed by atoms with van der Waals surface area (Å²) >= 11 is 0.